The van der Waals surface area contributed by atoms with Gasteiger partial charge in [0.2, 0.25) is 0 Å². The van der Waals surface area contributed by atoms with Crippen molar-refractivity contribution in [3.8, 4) is 0 Å². The molecule has 1 atom stereocenters. The Morgan fingerprint density at radius 1 is 1.27 bits per heavy atom. The topological polar surface area (TPSA) is 99.8 Å². The number of likely N-dealkylation sites (tertiary alicyclic amines) is 1. The summed E-state index contributed by atoms with van der Waals surface area (Å²) in [6, 6.07) is 8.23. The predicted molar refractivity (Wildman–Crippen MR) is 116 cm³/mol. The van der Waals surface area contributed by atoms with Gasteiger partial charge in [-0.05, 0) is 50.4 Å². The van der Waals surface area contributed by atoms with Crippen molar-refractivity contribution >= 4 is 28.9 Å². The van der Waals surface area contributed by atoms with Gasteiger partial charge in [0.05, 0.1) is 12.1 Å². The third-order valence-electron chi connectivity index (χ3n) is 5.25. The number of nitrogens with one attached hydrogen (secondary N) is 1. The molecule has 1 unspecified atom stereocenters. The number of carbonyl (C=O) groups is 2. The van der Waals surface area contributed by atoms with Gasteiger partial charge >= 0.3 is 12.1 Å². The predicted octanol–water partition coefficient (Wildman–Crippen LogP) is 3.55. The number of carboxylic acid groups (broad SMARTS) is 1. The summed E-state index contributed by atoms with van der Waals surface area (Å²) in [5, 5.41) is 20.8. The number of carboxylic acids is 1. The Balaban J connectivity index is 0.000000383. The maximum atomic E-state index is 12.5. The zero-order chi connectivity index (χ0) is 24.2. The second kappa shape index (κ2) is 10.3. The lowest BCUT2D eigenvalue weighted by Gasteiger charge is -2.19. The number of aliphatic carboxylic acids is 1. The van der Waals surface area contributed by atoms with Crippen LogP contribution in [0.25, 0.3) is 5.65 Å². The first kappa shape index (κ1) is 24.6. The Kier molecular flexibility index (Phi) is 7.69. The van der Waals surface area contributed by atoms with Gasteiger partial charge in [0, 0.05) is 29.6 Å². The molecule has 33 heavy (non-hydrogen) atoms. The lowest BCUT2D eigenvalue weighted by molar-refractivity contribution is -0.192. The van der Waals surface area contributed by atoms with Gasteiger partial charge < -0.3 is 15.3 Å². The van der Waals surface area contributed by atoms with E-state index in [1.54, 1.807) is 11.3 Å². The van der Waals surface area contributed by atoms with E-state index < -0.39 is 12.1 Å². The molecule has 12 heteroatoms. The number of hydrogen-bond donors (Lipinski definition) is 2. The smallest absolute Gasteiger partial charge is 0.475 e. The van der Waals surface area contributed by atoms with Gasteiger partial charge in [0.25, 0.3) is 5.91 Å². The number of nitrogens with zero attached hydrogens (tertiary/aromatic N) is 4. The number of alkyl halides is 3. The number of thiophene rings is 1. The van der Waals surface area contributed by atoms with E-state index in [0.717, 1.165) is 35.9 Å². The fourth-order valence-electron chi connectivity index (χ4n) is 3.47. The van der Waals surface area contributed by atoms with E-state index in [4.69, 9.17) is 9.90 Å². The number of rotatable bonds is 5. The highest BCUT2D eigenvalue weighted by atomic mass is 32.1. The quantitative estimate of drug-likeness (QED) is 0.576. The van der Waals surface area contributed by atoms with E-state index in [1.165, 1.54) is 0 Å². The number of halogens is 3. The van der Waals surface area contributed by atoms with Gasteiger partial charge in [-0.15, -0.1) is 21.5 Å². The van der Waals surface area contributed by atoms with Crippen LogP contribution in [0.5, 0.6) is 0 Å². The third-order valence-corrected chi connectivity index (χ3v) is 6.13. The first-order chi connectivity index (χ1) is 15.6. The lowest BCUT2D eigenvalue weighted by atomic mass is 10.1. The highest BCUT2D eigenvalue weighted by Crippen LogP contribution is 2.27. The molecule has 4 rings (SSSR count). The average molecular weight is 484 g/mol. The van der Waals surface area contributed by atoms with Crippen molar-refractivity contribution in [2.75, 3.05) is 13.1 Å². The molecular formula is C21H24F3N5O3S. The van der Waals surface area contributed by atoms with Crippen molar-refractivity contribution in [3.63, 3.8) is 0 Å². The molecule has 1 saturated heterocycles. The number of fused-ring (bicyclic) bond motifs is 1. The zero-order valence-electron chi connectivity index (χ0n) is 18.0. The number of aromatic nitrogens is 3. The summed E-state index contributed by atoms with van der Waals surface area (Å²) in [5.74, 6) is -1.52. The standard InChI is InChI=1S/C19H23N5OS.C2HF3O2/c1-13(2)23-8-7-14(11-23)18-22-21-17-6-5-15(12-24(17)18)19(25)20-10-16-4-3-9-26-16;3-2(4,5)1(6)7/h3-6,9,12-14H,7-8,10-11H2,1-2H3,(H,20,25);(H,6,7). The molecule has 1 amide bonds. The van der Waals surface area contributed by atoms with Crippen LogP contribution in [0.4, 0.5) is 13.2 Å². The minimum Gasteiger partial charge on any atom is -0.475 e. The van der Waals surface area contributed by atoms with Gasteiger partial charge in [-0.3, -0.25) is 9.20 Å². The second-order valence-electron chi connectivity index (χ2n) is 7.84. The van der Waals surface area contributed by atoms with Crippen molar-refractivity contribution < 1.29 is 27.9 Å². The fraction of sp³-hybridized carbons (Fsp3) is 0.429. The summed E-state index contributed by atoms with van der Waals surface area (Å²) < 4.78 is 33.7. The summed E-state index contributed by atoms with van der Waals surface area (Å²) >= 11 is 1.64. The van der Waals surface area contributed by atoms with E-state index in [9.17, 15) is 18.0 Å². The summed E-state index contributed by atoms with van der Waals surface area (Å²) in [6.07, 6.45) is -2.14. The van der Waals surface area contributed by atoms with E-state index >= 15 is 0 Å². The zero-order valence-corrected chi connectivity index (χ0v) is 18.9. The SMILES string of the molecule is CC(C)N1CCC(c2nnc3ccc(C(=O)NCc4cccs4)cn23)C1.O=C(O)C(F)(F)F. The Hall–Kier alpha value is -2.99. The number of pyridine rings is 1. The van der Waals surface area contributed by atoms with Crippen LogP contribution in [0.1, 0.15) is 47.2 Å². The first-order valence-corrected chi connectivity index (χ1v) is 11.1. The molecule has 0 saturated carbocycles. The molecule has 1 fully saturated rings. The molecule has 3 aromatic rings. The summed E-state index contributed by atoms with van der Waals surface area (Å²) in [5.41, 5.74) is 1.42. The Morgan fingerprint density at radius 3 is 2.58 bits per heavy atom. The number of carbonyl (C=O) groups excluding carboxylic acids is 1. The van der Waals surface area contributed by atoms with E-state index in [0.29, 0.717) is 24.1 Å². The minimum absolute atomic E-state index is 0.0739. The molecule has 0 aromatic carbocycles. The van der Waals surface area contributed by atoms with Gasteiger partial charge in [0.1, 0.15) is 5.82 Å². The van der Waals surface area contributed by atoms with Crippen LogP contribution < -0.4 is 5.32 Å². The monoisotopic (exact) mass is 483 g/mol. The van der Waals surface area contributed by atoms with Crippen LogP contribution >= 0.6 is 11.3 Å². The first-order valence-electron chi connectivity index (χ1n) is 10.3. The second-order valence-corrected chi connectivity index (χ2v) is 8.88. The molecular weight excluding hydrogens is 459 g/mol. The van der Waals surface area contributed by atoms with Gasteiger partial charge in [-0.1, -0.05) is 6.07 Å². The van der Waals surface area contributed by atoms with Crippen molar-refractivity contribution in [2.24, 2.45) is 0 Å². The van der Waals surface area contributed by atoms with Crippen LogP contribution in [-0.2, 0) is 11.3 Å². The minimum atomic E-state index is -5.08. The maximum Gasteiger partial charge on any atom is 0.490 e. The fourth-order valence-corrected chi connectivity index (χ4v) is 4.12. The van der Waals surface area contributed by atoms with E-state index in [-0.39, 0.29) is 5.91 Å². The van der Waals surface area contributed by atoms with Crippen molar-refractivity contribution in [2.45, 2.75) is 44.9 Å². The van der Waals surface area contributed by atoms with Gasteiger partial charge in [0.15, 0.2) is 5.65 Å². The van der Waals surface area contributed by atoms with E-state index in [1.807, 2.05) is 40.2 Å². The Morgan fingerprint density at radius 2 is 2.00 bits per heavy atom. The van der Waals surface area contributed by atoms with Crippen molar-refractivity contribution in [1.82, 2.24) is 24.8 Å². The highest BCUT2D eigenvalue weighted by molar-refractivity contribution is 7.09. The van der Waals surface area contributed by atoms with Crippen LogP contribution in [0.3, 0.4) is 0 Å². The Labute approximate surface area is 192 Å². The van der Waals surface area contributed by atoms with E-state index in [2.05, 4.69) is 34.3 Å². The van der Waals surface area contributed by atoms with Crippen molar-refractivity contribution in [3.05, 3.63) is 52.1 Å². The van der Waals surface area contributed by atoms with Gasteiger partial charge in [-0.2, -0.15) is 13.2 Å². The molecule has 8 nitrogen and oxygen atoms in total. The number of hydrogen-bond acceptors (Lipinski definition) is 6. The maximum absolute atomic E-state index is 12.5. The average Bonchev–Trinajstić information content (AvgIpc) is 3.51. The molecule has 0 aliphatic carbocycles. The third kappa shape index (κ3) is 6.29. The molecule has 2 N–H and O–H groups in total. The molecule has 1 aliphatic rings. The van der Waals surface area contributed by atoms with Crippen LogP contribution in [0, 0.1) is 0 Å². The van der Waals surface area contributed by atoms with Gasteiger partial charge in [-0.25, -0.2) is 4.79 Å². The molecule has 178 valence electrons. The highest BCUT2D eigenvalue weighted by Gasteiger charge is 2.38. The Bertz CT molecular complexity index is 1100. The van der Waals surface area contributed by atoms with Crippen LogP contribution in [-0.4, -0.2) is 61.8 Å². The summed E-state index contributed by atoms with van der Waals surface area (Å²) in [6.45, 7) is 7.07. The molecule has 0 radical (unpaired) electrons. The normalized spacial score (nSPS) is 16.6. The largest absolute Gasteiger partial charge is 0.490 e. The summed E-state index contributed by atoms with van der Waals surface area (Å²) in [7, 11) is 0. The molecule has 0 bridgehead atoms. The summed E-state index contributed by atoms with van der Waals surface area (Å²) in [4.78, 5) is 25.0. The molecule has 4 heterocycles. The van der Waals surface area contributed by atoms with Crippen LogP contribution in [0.15, 0.2) is 35.8 Å². The molecule has 0 spiro atoms. The number of amides is 1. The molecule has 1 aliphatic heterocycles. The van der Waals surface area contributed by atoms with Crippen molar-refractivity contribution in [1.29, 1.82) is 0 Å². The molecule has 3 aromatic heterocycles. The lowest BCUT2D eigenvalue weighted by Crippen LogP contribution is -2.28. The van der Waals surface area contributed by atoms with Crippen LogP contribution in [0.2, 0.25) is 0 Å².